The van der Waals surface area contributed by atoms with E-state index in [4.69, 9.17) is 0 Å². The van der Waals surface area contributed by atoms with Crippen LogP contribution >= 0.6 is 0 Å². The van der Waals surface area contributed by atoms with Gasteiger partial charge in [0.05, 0.1) is 23.2 Å². The summed E-state index contributed by atoms with van der Waals surface area (Å²) < 4.78 is 41.5. The van der Waals surface area contributed by atoms with Gasteiger partial charge >= 0.3 is 6.18 Å². The summed E-state index contributed by atoms with van der Waals surface area (Å²) in [6, 6.07) is 5.97. The van der Waals surface area contributed by atoms with Crippen molar-refractivity contribution in [2.75, 3.05) is 0 Å². The quantitative estimate of drug-likeness (QED) is 0.801. The number of likely N-dealkylation sites (tertiary alicyclic amines) is 1. The van der Waals surface area contributed by atoms with Gasteiger partial charge in [0.15, 0.2) is 0 Å². The number of amides is 2. The lowest BCUT2D eigenvalue weighted by molar-refractivity contribution is -0.137. The summed E-state index contributed by atoms with van der Waals surface area (Å²) in [5.74, 6) is -0.314. The highest BCUT2D eigenvalue weighted by Crippen LogP contribution is 2.46. The van der Waals surface area contributed by atoms with Crippen LogP contribution in [0.5, 0.6) is 0 Å². The molecule has 2 saturated heterocycles. The minimum atomic E-state index is -4.47. The van der Waals surface area contributed by atoms with E-state index in [1.54, 1.807) is 29.4 Å². The van der Waals surface area contributed by atoms with Crippen LogP contribution in [0.3, 0.4) is 0 Å². The maximum Gasteiger partial charge on any atom is 0.416 e. The minimum Gasteiger partial charge on any atom is -0.349 e. The van der Waals surface area contributed by atoms with Gasteiger partial charge in [-0.15, -0.1) is 0 Å². The number of nitrogens with zero attached hydrogens (tertiary/aromatic N) is 3. The second-order valence-electron chi connectivity index (χ2n) is 8.58. The molecule has 9 heteroatoms. The third kappa shape index (κ3) is 4.31. The number of nitrogens with one attached hydrogen (secondary N) is 1. The molecule has 0 aliphatic carbocycles. The SMILES string of the molecule is C[C@]12C[C@@H](c3cccc(C(F)(F)F)c3)N(C(=O)Cn3cccn3)[C@H]1CCCCC(=O)N2. The van der Waals surface area contributed by atoms with E-state index in [1.807, 2.05) is 6.92 Å². The van der Waals surface area contributed by atoms with E-state index in [0.29, 0.717) is 31.2 Å². The van der Waals surface area contributed by atoms with E-state index in [0.717, 1.165) is 18.6 Å². The Kier molecular flexibility index (Phi) is 5.53. The summed E-state index contributed by atoms with van der Waals surface area (Å²) in [4.78, 5) is 27.4. The number of alkyl halides is 3. The molecular formula is C22H25F3N4O2. The van der Waals surface area contributed by atoms with Gasteiger partial charge in [0.2, 0.25) is 11.8 Å². The average Bonchev–Trinajstić information content (AvgIpc) is 3.29. The van der Waals surface area contributed by atoms with Gasteiger partial charge in [-0.3, -0.25) is 14.3 Å². The lowest BCUT2D eigenvalue weighted by Gasteiger charge is -2.38. The van der Waals surface area contributed by atoms with Crippen molar-refractivity contribution in [2.45, 2.75) is 69.4 Å². The molecule has 0 bridgehead atoms. The molecule has 2 aromatic rings. The number of aromatic nitrogens is 2. The molecule has 1 N–H and O–H groups in total. The monoisotopic (exact) mass is 434 g/mol. The topological polar surface area (TPSA) is 67.2 Å². The number of halogens is 3. The Morgan fingerprint density at radius 1 is 1.29 bits per heavy atom. The largest absolute Gasteiger partial charge is 0.416 e. The molecule has 166 valence electrons. The number of hydrogen-bond donors (Lipinski definition) is 1. The van der Waals surface area contributed by atoms with Gasteiger partial charge in [-0.25, -0.2) is 0 Å². The second kappa shape index (κ2) is 8.01. The van der Waals surface area contributed by atoms with Crippen LogP contribution in [0.2, 0.25) is 0 Å². The molecule has 3 heterocycles. The van der Waals surface area contributed by atoms with Crippen molar-refractivity contribution in [3.63, 3.8) is 0 Å². The zero-order valence-electron chi connectivity index (χ0n) is 17.2. The standard InChI is InChI=1S/C22H25F3N4O2/c1-21-13-17(15-6-4-7-16(12-15)22(23,24)25)29(20(31)14-28-11-5-10-26-28)18(21)8-2-3-9-19(30)27-21/h4-7,10-12,17-18H,2-3,8-9,13-14H2,1H3,(H,27,30)/t17-,18-,21-/m0/s1. The summed E-state index contributed by atoms with van der Waals surface area (Å²) in [5.41, 5.74) is -1.04. The molecule has 6 nitrogen and oxygen atoms in total. The fraction of sp³-hybridized carbons (Fsp3) is 0.500. The Morgan fingerprint density at radius 2 is 2.10 bits per heavy atom. The Hall–Kier alpha value is -2.84. The number of hydrogen-bond acceptors (Lipinski definition) is 3. The highest BCUT2D eigenvalue weighted by molar-refractivity contribution is 5.80. The number of carbonyl (C=O) groups excluding carboxylic acids is 2. The van der Waals surface area contributed by atoms with Crippen LogP contribution in [0.15, 0.2) is 42.7 Å². The van der Waals surface area contributed by atoms with Crippen LogP contribution in [0, 0.1) is 0 Å². The summed E-state index contributed by atoms with van der Waals surface area (Å²) in [6.45, 7) is 1.88. The number of carbonyl (C=O) groups is 2. The van der Waals surface area contributed by atoms with Gasteiger partial charge in [-0.05, 0) is 49.9 Å². The van der Waals surface area contributed by atoms with E-state index in [2.05, 4.69) is 10.4 Å². The first-order valence-electron chi connectivity index (χ1n) is 10.4. The zero-order valence-corrected chi connectivity index (χ0v) is 17.2. The smallest absolute Gasteiger partial charge is 0.349 e. The molecule has 3 atom stereocenters. The Morgan fingerprint density at radius 3 is 2.81 bits per heavy atom. The third-order valence-corrected chi connectivity index (χ3v) is 6.32. The van der Waals surface area contributed by atoms with E-state index < -0.39 is 23.3 Å². The van der Waals surface area contributed by atoms with Gasteiger partial charge in [0, 0.05) is 18.8 Å². The van der Waals surface area contributed by atoms with Crippen molar-refractivity contribution < 1.29 is 22.8 Å². The van der Waals surface area contributed by atoms with Gasteiger partial charge < -0.3 is 10.2 Å². The third-order valence-electron chi connectivity index (χ3n) is 6.32. The zero-order chi connectivity index (χ0) is 22.2. The predicted molar refractivity (Wildman–Crippen MR) is 107 cm³/mol. The van der Waals surface area contributed by atoms with Gasteiger partial charge in [0.1, 0.15) is 6.54 Å². The molecule has 4 rings (SSSR count). The molecular weight excluding hydrogens is 409 g/mol. The molecule has 2 aliphatic rings. The van der Waals surface area contributed by atoms with Gasteiger partial charge in [0.25, 0.3) is 0 Å². The van der Waals surface area contributed by atoms with E-state index in [1.165, 1.54) is 10.7 Å². The van der Waals surface area contributed by atoms with Crippen LogP contribution < -0.4 is 5.32 Å². The molecule has 2 aliphatic heterocycles. The summed E-state index contributed by atoms with van der Waals surface area (Å²) in [5, 5.41) is 7.16. The molecule has 0 spiro atoms. The molecule has 0 radical (unpaired) electrons. The normalized spacial score (nSPS) is 26.7. The number of rotatable bonds is 3. The molecule has 2 fully saturated rings. The molecule has 0 saturated carbocycles. The number of benzene rings is 1. The first-order valence-corrected chi connectivity index (χ1v) is 10.4. The van der Waals surface area contributed by atoms with Crippen molar-refractivity contribution >= 4 is 11.8 Å². The summed E-state index contributed by atoms with van der Waals surface area (Å²) in [7, 11) is 0. The van der Waals surface area contributed by atoms with Crippen molar-refractivity contribution in [3.8, 4) is 0 Å². The fourth-order valence-corrected chi connectivity index (χ4v) is 4.92. The van der Waals surface area contributed by atoms with Crippen LogP contribution in [0.25, 0.3) is 0 Å². The van der Waals surface area contributed by atoms with E-state index in [-0.39, 0.29) is 24.4 Å². The maximum atomic E-state index is 13.4. The van der Waals surface area contributed by atoms with Crippen molar-refractivity contribution in [3.05, 3.63) is 53.9 Å². The fourth-order valence-electron chi connectivity index (χ4n) is 4.92. The first kappa shape index (κ1) is 21.4. The van der Waals surface area contributed by atoms with Crippen molar-refractivity contribution in [1.29, 1.82) is 0 Å². The van der Waals surface area contributed by atoms with Gasteiger partial charge in [-0.1, -0.05) is 18.6 Å². The first-order chi connectivity index (χ1) is 14.7. The minimum absolute atomic E-state index is 0.0109. The van der Waals surface area contributed by atoms with Crippen LogP contribution in [-0.4, -0.2) is 38.1 Å². The highest BCUT2D eigenvalue weighted by atomic mass is 19.4. The van der Waals surface area contributed by atoms with E-state index in [9.17, 15) is 22.8 Å². The van der Waals surface area contributed by atoms with E-state index >= 15 is 0 Å². The van der Waals surface area contributed by atoms with Crippen molar-refractivity contribution in [2.24, 2.45) is 0 Å². The molecule has 31 heavy (non-hydrogen) atoms. The van der Waals surface area contributed by atoms with Crippen LogP contribution in [0.4, 0.5) is 13.2 Å². The maximum absolute atomic E-state index is 13.4. The average molecular weight is 434 g/mol. The summed E-state index contributed by atoms with van der Waals surface area (Å²) in [6.07, 6.45) is 1.71. The van der Waals surface area contributed by atoms with Crippen molar-refractivity contribution in [1.82, 2.24) is 20.0 Å². The second-order valence-corrected chi connectivity index (χ2v) is 8.58. The Balaban J connectivity index is 1.74. The lowest BCUT2D eigenvalue weighted by Crippen LogP contribution is -2.56. The molecule has 1 aromatic carbocycles. The Bertz CT molecular complexity index is 960. The predicted octanol–water partition coefficient (Wildman–Crippen LogP) is 3.69. The molecule has 1 aromatic heterocycles. The van der Waals surface area contributed by atoms with Crippen LogP contribution in [-0.2, 0) is 22.3 Å². The number of fused-ring (bicyclic) bond motifs is 1. The van der Waals surface area contributed by atoms with Crippen LogP contribution in [0.1, 0.15) is 56.2 Å². The molecule has 0 unspecified atom stereocenters. The Labute approximate surface area is 178 Å². The lowest BCUT2D eigenvalue weighted by atomic mass is 9.85. The summed E-state index contributed by atoms with van der Waals surface area (Å²) >= 11 is 0. The molecule has 2 amide bonds. The highest BCUT2D eigenvalue weighted by Gasteiger charge is 2.52. The van der Waals surface area contributed by atoms with Gasteiger partial charge in [-0.2, -0.15) is 18.3 Å².